The van der Waals surface area contributed by atoms with Crippen LogP contribution in [0.3, 0.4) is 0 Å². The van der Waals surface area contributed by atoms with Crippen molar-refractivity contribution in [3.8, 4) is 0 Å². The first-order valence-corrected chi connectivity index (χ1v) is 2.61. The zero-order valence-electron chi connectivity index (χ0n) is 5.83. The van der Waals surface area contributed by atoms with Crippen LogP contribution in [0.1, 0.15) is 13.8 Å². The van der Waals surface area contributed by atoms with E-state index in [1.165, 1.54) is 13.8 Å². The van der Waals surface area contributed by atoms with Gasteiger partial charge in [-0.2, -0.15) is 0 Å². The van der Waals surface area contributed by atoms with Gasteiger partial charge in [0.2, 0.25) is 0 Å². The Morgan fingerprint density at radius 3 is 2.20 bits per heavy atom. The predicted molar refractivity (Wildman–Crippen MR) is 38.0 cm³/mol. The first-order chi connectivity index (χ1) is 4.54. The van der Waals surface area contributed by atoms with Gasteiger partial charge in [0.05, 0.1) is 0 Å². The van der Waals surface area contributed by atoms with E-state index in [0.29, 0.717) is 0 Å². The van der Waals surface area contributed by atoms with Crippen LogP contribution in [0.4, 0.5) is 0 Å². The van der Waals surface area contributed by atoms with Crippen LogP contribution < -0.4 is 5.73 Å². The molecule has 0 aliphatic heterocycles. The summed E-state index contributed by atoms with van der Waals surface area (Å²) in [6.07, 6.45) is 0. The third-order valence-corrected chi connectivity index (χ3v) is 0.667. The normalized spacial score (nSPS) is 13.4. The van der Waals surface area contributed by atoms with E-state index in [2.05, 4.69) is 10.2 Å². The van der Waals surface area contributed by atoms with Crippen LogP contribution in [-0.2, 0) is 4.79 Å². The zero-order valence-corrected chi connectivity index (χ0v) is 5.83. The highest BCUT2D eigenvalue weighted by atomic mass is 16.4. The third-order valence-electron chi connectivity index (χ3n) is 0.667. The molecule has 56 valence electrons. The molecule has 0 spiro atoms. The molecule has 0 aromatic heterocycles. The van der Waals surface area contributed by atoms with E-state index in [9.17, 15) is 4.79 Å². The molecule has 0 aliphatic rings. The van der Waals surface area contributed by atoms with E-state index in [1.54, 1.807) is 0 Å². The average molecular weight is 143 g/mol. The van der Waals surface area contributed by atoms with Crippen molar-refractivity contribution < 1.29 is 9.90 Å². The van der Waals surface area contributed by atoms with Crippen LogP contribution in [0.25, 0.3) is 0 Å². The van der Waals surface area contributed by atoms with Crippen LogP contribution in [0, 0.1) is 0 Å². The van der Waals surface area contributed by atoms with Crippen molar-refractivity contribution in [2.24, 2.45) is 15.9 Å². The highest BCUT2D eigenvalue weighted by molar-refractivity contribution is 6.34. The van der Waals surface area contributed by atoms with Crippen LogP contribution in [0.2, 0.25) is 0 Å². The number of rotatable bonds is 2. The fraction of sp³-hybridized carbons (Fsp3) is 0.400. The average Bonchev–Trinajstić information content (AvgIpc) is 1.82. The lowest BCUT2D eigenvalue weighted by Gasteiger charge is -1.86. The summed E-state index contributed by atoms with van der Waals surface area (Å²) in [5.74, 6) is -0.856. The number of aliphatic carboxylic acids is 1. The van der Waals surface area contributed by atoms with Gasteiger partial charge in [-0.1, -0.05) is 0 Å². The summed E-state index contributed by atoms with van der Waals surface area (Å²) >= 11 is 0. The molecule has 0 bridgehead atoms. The van der Waals surface area contributed by atoms with E-state index in [-0.39, 0.29) is 11.5 Å². The maximum absolute atomic E-state index is 10.1. The second kappa shape index (κ2) is 3.60. The van der Waals surface area contributed by atoms with Gasteiger partial charge in [0, 0.05) is 0 Å². The highest BCUT2D eigenvalue weighted by Crippen LogP contribution is 1.79. The molecule has 0 unspecified atom stereocenters. The van der Waals surface area contributed by atoms with Crippen molar-refractivity contribution in [1.82, 2.24) is 0 Å². The van der Waals surface area contributed by atoms with E-state index in [4.69, 9.17) is 10.8 Å². The van der Waals surface area contributed by atoms with Gasteiger partial charge in [-0.25, -0.2) is 4.79 Å². The standard InChI is InChI=1S/C5H9N3O2/c1-3(5(9)10)7-8-4(2)6/h1-2H3,(H2,6,8)(H,9,10)/b7-3-. The molecule has 3 N–H and O–H groups in total. The Balaban J connectivity index is 4.19. The Morgan fingerprint density at radius 1 is 1.40 bits per heavy atom. The van der Waals surface area contributed by atoms with Gasteiger partial charge in [-0.3, -0.25) is 0 Å². The number of carbonyl (C=O) groups is 1. The lowest BCUT2D eigenvalue weighted by atomic mass is 10.4. The van der Waals surface area contributed by atoms with Crippen molar-refractivity contribution in [3.05, 3.63) is 0 Å². The smallest absolute Gasteiger partial charge is 0.351 e. The molecule has 0 aromatic rings. The second-order valence-electron chi connectivity index (χ2n) is 1.73. The van der Waals surface area contributed by atoms with Crippen LogP contribution in [0.15, 0.2) is 10.2 Å². The van der Waals surface area contributed by atoms with Gasteiger partial charge in [0.1, 0.15) is 11.5 Å². The molecule has 0 heterocycles. The number of carboxylic acids is 1. The number of amidine groups is 1. The minimum Gasteiger partial charge on any atom is -0.477 e. The summed E-state index contributed by atoms with van der Waals surface area (Å²) in [7, 11) is 0. The van der Waals surface area contributed by atoms with Gasteiger partial charge in [-0.05, 0) is 13.8 Å². The van der Waals surface area contributed by atoms with Gasteiger partial charge in [0.15, 0.2) is 0 Å². The minimum atomic E-state index is -1.09. The third kappa shape index (κ3) is 3.59. The Hall–Kier alpha value is -1.39. The van der Waals surface area contributed by atoms with Crippen molar-refractivity contribution in [2.45, 2.75) is 13.8 Å². The molecule has 0 fully saturated rings. The summed E-state index contributed by atoms with van der Waals surface area (Å²) in [4.78, 5) is 10.1. The summed E-state index contributed by atoms with van der Waals surface area (Å²) in [6.45, 7) is 2.87. The zero-order chi connectivity index (χ0) is 8.15. The van der Waals surface area contributed by atoms with Gasteiger partial charge < -0.3 is 10.8 Å². The fourth-order valence-corrected chi connectivity index (χ4v) is 0.197. The van der Waals surface area contributed by atoms with Crippen LogP contribution in [0.5, 0.6) is 0 Å². The molecule has 0 saturated carbocycles. The van der Waals surface area contributed by atoms with E-state index in [0.717, 1.165) is 0 Å². The molecule has 0 atom stereocenters. The molecular formula is C5H9N3O2. The lowest BCUT2D eigenvalue weighted by Crippen LogP contribution is -2.09. The first-order valence-electron chi connectivity index (χ1n) is 2.61. The van der Waals surface area contributed by atoms with Gasteiger partial charge >= 0.3 is 5.97 Å². The summed E-state index contributed by atoms with van der Waals surface area (Å²) in [5.41, 5.74) is 5.01. The van der Waals surface area contributed by atoms with Crippen molar-refractivity contribution in [1.29, 1.82) is 0 Å². The summed E-state index contributed by atoms with van der Waals surface area (Å²) in [6, 6.07) is 0. The molecule has 5 nitrogen and oxygen atoms in total. The number of hydrogen-bond acceptors (Lipinski definition) is 3. The topological polar surface area (TPSA) is 88.0 Å². The van der Waals surface area contributed by atoms with E-state index < -0.39 is 5.97 Å². The monoisotopic (exact) mass is 143 g/mol. The van der Waals surface area contributed by atoms with Crippen LogP contribution >= 0.6 is 0 Å². The number of hydrogen-bond donors (Lipinski definition) is 2. The quantitative estimate of drug-likeness (QED) is 0.319. The Bertz CT molecular complexity index is 191. The van der Waals surface area contributed by atoms with Crippen LogP contribution in [-0.4, -0.2) is 22.6 Å². The Kier molecular flexibility index (Phi) is 3.10. The Labute approximate surface area is 58.3 Å². The molecule has 0 rings (SSSR count). The Morgan fingerprint density at radius 2 is 1.90 bits per heavy atom. The number of carboxylic acid groups (broad SMARTS) is 1. The van der Waals surface area contributed by atoms with E-state index >= 15 is 0 Å². The highest BCUT2D eigenvalue weighted by Gasteiger charge is 1.99. The molecule has 0 aliphatic carbocycles. The molecule has 0 aromatic carbocycles. The van der Waals surface area contributed by atoms with E-state index in [1.807, 2.05) is 0 Å². The molecule has 0 saturated heterocycles. The number of nitrogens with two attached hydrogens (primary N) is 1. The molecule has 0 amide bonds. The van der Waals surface area contributed by atoms with Crippen molar-refractivity contribution >= 4 is 17.5 Å². The lowest BCUT2D eigenvalue weighted by molar-refractivity contribution is -0.129. The molecule has 5 heteroatoms. The summed E-state index contributed by atoms with van der Waals surface area (Å²) in [5, 5.41) is 14.9. The van der Waals surface area contributed by atoms with Gasteiger partial charge in [0.25, 0.3) is 0 Å². The van der Waals surface area contributed by atoms with Crippen molar-refractivity contribution in [2.75, 3.05) is 0 Å². The minimum absolute atomic E-state index is 0.0789. The predicted octanol–water partition coefficient (Wildman–Crippen LogP) is -0.176. The summed E-state index contributed by atoms with van der Waals surface area (Å²) < 4.78 is 0. The van der Waals surface area contributed by atoms with Gasteiger partial charge in [-0.15, -0.1) is 10.2 Å². The second-order valence-corrected chi connectivity index (χ2v) is 1.73. The molecular weight excluding hydrogens is 134 g/mol. The molecule has 10 heavy (non-hydrogen) atoms. The maximum atomic E-state index is 10.1. The SMILES string of the molecule is C/C(N)=N/N=C(/C)C(=O)O. The van der Waals surface area contributed by atoms with Crippen molar-refractivity contribution in [3.63, 3.8) is 0 Å². The largest absolute Gasteiger partial charge is 0.477 e. The number of nitrogens with zero attached hydrogens (tertiary/aromatic N) is 2. The molecule has 0 radical (unpaired) electrons. The fourth-order valence-electron chi connectivity index (χ4n) is 0.197. The first kappa shape index (κ1) is 8.61. The maximum Gasteiger partial charge on any atom is 0.351 e.